The van der Waals surface area contributed by atoms with E-state index in [0.29, 0.717) is 18.5 Å². The third-order valence-corrected chi connectivity index (χ3v) is 6.24. The Morgan fingerprint density at radius 3 is 2.55 bits per heavy atom. The second-order valence-electron chi connectivity index (χ2n) is 6.52. The lowest BCUT2D eigenvalue weighted by atomic mass is 10.2. The first kappa shape index (κ1) is 21.5. The molecule has 8 nitrogen and oxygen atoms in total. The summed E-state index contributed by atoms with van der Waals surface area (Å²) in [4.78, 5) is 9.72. The van der Waals surface area contributed by atoms with Crippen LogP contribution in [0.2, 0.25) is 5.02 Å². The summed E-state index contributed by atoms with van der Waals surface area (Å²) in [5, 5.41) is 14.2. The Hall–Kier alpha value is -2.18. The second-order valence-corrected chi connectivity index (χ2v) is 8.63. The maximum absolute atomic E-state index is 13.1. The molecule has 1 aliphatic carbocycles. The van der Waals surface area contributed by atoms with E-state index >= 15 is 0 Å². The minimum atomic E-state index is -4.68. The third kappa shape index (κ3) is 4.70. The molecule has 0 spiro atoms. The fraction of sp³-hybridized carbons (Fsp3) is 0.438. The molecule has 29 heavy (non-hydrogen) atoms. The minimum absolute atomic E-state index is 0.0149. The van der Waals surface area contributed by atoms with Gasteiger partial charge in [0, 0.05) is 25.1 Å². The summed E-state index contributed by atoms with van der Waals surface area (Å²) in [5.41, 5.74) is -1.41. The lowest BCUT2D eigenvalue weighted by Crippen LogP contribution is -2.26. The van der Waals surface area contributed by atoms with Gasteiger partial charge in [-0.15, -0.1) is 0 Å². The highest BCUT2D eigenvalue weighted by molar-refractivity contribution is 7.89. The maximum Gasteiger partial charge on any atom is 0.436 e. The molecule has 3 rings (SSSR count). The van der Waals surface area contributed by atoms with Crippen LogP contribution in [0.3, 0.4) is 0 Å². The first-order chi connectivity index (χ1) is 13.5. The van der Waals surface area contributed by atoms with Gasteiger partial charge < -0.3 is 0 Å². The van der Waals surface area contributed by atoms with Crippen molar-refractivity contribution in [2.45, 2.75) is 42.8 Å². The van der Waals surface area contributed by atoms with Crippen molar-refractivity contribution in [3.05, 3.63) is 50.8 Å². The molecule has 1 aromatic carbocycles. The van der Waals surface area contributed by atoms with Gasteiger partial charge in [-0.3, -0.25) is 14.8 Å². The number of aryl methyl sites for hydroxylation is 1. The lowest BCUT2D eigenvalue weighted by molar-refractivity contribution is -0.387. The van der Waals surface area contributed by atoms with Crippen molar-refractivity contribution >= 4 is 27.3 Å². The monoisotopic (exact) mass is 452 g/mol. The van der Waals surface area contributed by atoms with Crippen LogP contribution in [0.25, 0.3) is 0 Å². The Kier molecular flexibility index (Phi) is 5.88. The topological polar surface area (TPSA) is 107 Å². The van der Waals surface area contributed by atoms with Crippen molar-refractivity contribution in [1.82, 2.24) is 14.5 Å². The van der Waals surface area contributed by atoms with Crippen LogP contribution in [-0.4, -0.2) is 29.7 Å². The molecule has 1 fully saturated rings. The number of nitrogens with zero attached hydrogens (tertiary/aromatic N) is 3. The van der Waals surface area contributed by atoms with Gasteiger partial charge in [-0.2, -0.15) is 18.3 Å². The van der Waals surface area contributed by atoms with Gasteiger partial charge in [0.25, 0.3) is 5.69 Å². The number of nitrogens with one attached hydrogen (secondary N) is 1. The summed E-state index contributed by atoms with van der Waals surface area (Å²) in [7, 11) is -4.16. The molecular weight excluding hydrogens is 437 g/mol. The fourth-order valence-corrected chi connectivity index (χ4v) is 4.54. The molecule has 13 heteroatoms. The molecule has 0 radical (unpaired) electrons. The standard InChI is InChI=1S/C16H16ClF3N4O4S/c17-13-14(10-6-7-10)23(22-15(13)16(18,19)20)9-3-8-21-29(27,28)12-5-2-1-4-11(12)24(25)26/h1-2,4-5,10,21H,3,6-9H2. The SMILES string of the molecule is O=[N+]([O-])c1ccccc1S(=O)(=O)NCCCn1nc(C(F)(F)F)c(Cl)c1C1CC1. The molecule has 1 N–H and O–H groups in total. The van der Waals surface area contributed by atoms with Crippen molar-refractivity contribution in [3.8, 4) is 0 Å². The molecule has 0 unspecified atom stereocenters. The molecule has 0 aliphatic heterocycles. The van der Waals surface area contributed by atoms with Gasteiger partial charge in [-0.25, -0.2) is 13.1 Å². The van der Waals surface area contributed by atoms with Crippen molar-refractivity contribution in [2.75, 3.05) is 6.54 Å². The number of alkyl halides is 3. The first-order valence-electron chi connectivity index (χ1n) is 8.59. The average molecular weight is 453 g/mol. The van der Waals surface area contributed by atoms with Gasteiger partial charge in [0.1, 0.15) is 0 Å². The zero-order valence-electron chi connectivity index (χ0n) is 14.8. The molecule has 0 saturated heterocycles. The van der Waals surface area contributed by atoms with E-state index in [0.717, 1.165) is 12.1 Å². The molecule has 1 saturated carbocycles. The van der Waals surface area contributed by atoms with E-state index in [1.165, 1.54) is 16.8 Å². The van der Waals surface area contributed by atoms with Crippen LogP contribution in [0, 0.1) is 10.1 Å². The molecule has 1 heterocycles. The highest BCUT2D eigenvalue weighted by Crippen LogP contribution is 2.46. The van der Waals surface area contributed by atoms with Crippen molar-refractivity contribution in [1.29, 1.82) is 0 Å². The Morgan fingerprint density at radius 2 is 1.97 bits per heavy atom. The van der Waals surface area contributed by atoms with Crippen LogP contribution < -0.4 is 4.72 Å². The summed E-state index contributed by atoms with van der Waals surface area (Å²) in [6.07, 6.45) is -3.13. The number of hydrogen-bond acceptors (Lipinski definition) is 5. The van der Waals surface area contributed by atoms with Crippen molar-refractivity contribution < 1.29 is 26.5 Å². The number of hydrogen-bond donors (Lipinski definition) is 1. The molecule has 1 aliphatic rings. The maximum atomic E-state index is 13.1. The predicted octanol–water partition coefficient (Wildman–Crippen LogP) is 3.71. The highest BCUT2D eigenvalue weighted by atomic mass is 35.5. The average Bonchev–Trinajstić information content (AvgIpc) is 3.41. The third-order valence-electron chi connectivity index (χ3n) is 4.35. The van der Waals surface area contributed by atoms with Gasteiger partial charge in [0.2, 0.25) is 10.0 Å². The Balaban J connectivity index is 1.69. The number of halogens is 4. The smallest absolute Gasteiger partial charge is 0.267 e. The van der Waals surface area contributed by atoms with E-state index < -0.39 is 42.4 Å². The number of nitro benzene ring substituents is 1. The Labute approximate surface area is 168 Å². The number of benzene rings is 1. The Bertz CT molecular complexity index is 1040. The van der Waals surface area contributed by atoms with E-state index in [1.54, 1.807) is 0 Å². The van der Waals surface area contributed by atoms with E-state index in [2.05, 4.69) is 9.82 Å². The fourth-order valence-electron chi connectivity index (χ4n) is 2.90. The highest BCUT2D eigenvalue weighted by Gasteiger charge is 2.41. The minimum Gasteiger partial charge on any atom is -0.267 e. The molecule has 1 aromatic heterocycles. The molecular formula is C16H16ClF3N4O4S. The number of aromatic nitrogens is 2. The van der Waals surface area contributed by atoms with Crippen LogP contribution in [0.5, 0.6) is 0 Å². The summed E-state index contributed by atoms with van der Waals surface area (Å²) in [5.74, 6) is -0.0882. The van der Waals surface area contributed by atoms with Crippen molar-refractivity contribution in [2.24, 2.45) is 0 Å². The summed E-state index contributed by atoms with van der Waals surface area (Å²) in [6, 6.07) is 4.87. The lowest BCUT2D eigenvalue weighted by Gasteiger charge is -2.09. The predicted molar refractivity (Wildman–Crippen MR) is 97.1 cm³/mol. The van der Waals surface area contributed by atoms with Crippen molar-refractivity contribution in [3.63, 3.8) is 0 Å². The first-order valence-corrected chi connectivity index (χ1v) is 10.4. The van der Waals surface area contributed by atoms with Crippen LogP contribution in [0.15, 0.2) is 29.2 Å². The van der Waals surface area contributed by atoms with Gasteiger partial charge >= 0.3 is 6.18 Å². The molecule has 0 atom stereocenters. The normalized spacial score (nSPS) is 14.9. The zero-order chi connectivity index (χ0) is 21.4. The zero-order valence-corrected chi connectivity index (χ0v) is 16.4. The van der Waals surface area contributed by atoms with Gasteiger partial charge in [-0.05, 0) is 25.3 Å². The Morgan fingerprint density at radius 1 is 1.31 bits per heavy atom. The van der Waals surface area contributed by atoms with E-state index in [4.69, 9.17) is 11.6 Å². The quantitative estimate of drug-likeness (QED) is 0.373. The number of sulfonamides is 1. The summed E-state index contributed by atoms with van der Waals surface area (Å²) >= 11 is 5.88. The number of nitro groups is 1. The van der Waals surface area contributed by atoms with E-state index in [-0.39, 0.29) is 25.4 Å². The van der Waals surface area contributed by atoms with Gasteiger partial charge in [0.05, 0.1) is 15.6 Å². The molecule has 2 aromatic rings. The van der Waals surface area contributed by atoms with Crippen LogP contribution in [-0.2, 0) is 22.7 Å². The summed E-state index contributed by atoms with van der Waals surface area (Å²) < 4.78 is 67.2. The molecule has 0 amide bonds. The van der Waals surface area contributed by atoms with Crippen LogP contribution in [0.1, 0.15) is 36.6 Å². The largest absolute Gasteiger partial charge is 0.436 e. The molecule has 0 bridgehead atoms. The number of rotatable bonds is 8. The van der Waals surface area contributed by atoms with Crippen LogP contribution in [0.4, 0.5) is 18.9 Å². The van der Waals surface area contributed by atoms with E-state index in [9.17, 15) is 31.7 Å². The van der Waals surface area contributed by atoms with Gasteiger partial charge in [0.15, 0.2) is 10.6 Å². The van der Waals surface area contributed by atoms with Crippen LogP contribution >= 0.6 is 11.6 Å². The van der Waals surface area contributed by atoms with E-state index in [1.807, 2.05) is 0 Å². The summed E-state index contributed by atoms with van der Waals surface area (Å²) in [6.45, 7) is -0.127. The molecule has 158 valence electrons. The van der Waals surface area contributed by atoms with Gasteiger partial charge in [-0.1, -0.05) is 23.7 Å². The second kappa shape index (κ2) is 7.92. The number of para-hydroxylation sites is 1.